The standard InChI is InChI=1S/C7H8BrClN4/c8-5-2-1-4(3-6(5)9)12-7(10)13-11/h1-3H,11H2,(H3,10,12,13). The molecular weight excluding hydrogens is 255 g/mol. The number of aliphatic imine (C=N–C) groups is 1. The van der Waals surface area contributed by atoms with Crippen LogP contribution in [0.4, 0.5) is 5.69 Å². The molecule has 70 valence electrons. The van der Waals surface area contributed by atoms with Crippen LogP contribution in [0.3, 0.4) is 0 Å². The molecule has 6 heteroatoms. The Hall–Kier alpha value is -0.780. The Morgan fingerprint density at radius 3 is 2.77 bits per heavy atom. The molecule has 0 fully saturated rings. The highest BCUT2D eigenvalue weighted by atomic mass is 79.9. The number of nitrogens with zero attached hydrogens (tertiary/aromatic N) is 1. The van der Waals surface area contributed by atoms with E-state index < -0.39 is 0 Å². The number of benzene rings is 1. The summed E-state index contributed by atoms with van der Waals surface area (Å²) in [5.41, 5.74) is 8.21. The molecule has 0 amide bonds. The number of rotatable bonds is 1. The molecule has 0 bridgehead atoms. The second-order valence-electron chi connectivity index (χ2n) is 2.24. The highest BCUT2D eigenvalue weighted by Crippen LogP contribution is 2.26. The summed E-state index contributed by atoms with van der Waals surface area (Å²) in [6, 6.07) is 5.22. The third kappa shape index (κ3) is 2.87. The molecule has 0 aliphatic rings. The molecule has 0 saturated heterocycles. The second-order valence-corrected chi connectivity index (χ2v) is 3.50. The molecule has 1 aromatic carbocycles. The van der Waals surface area contributed by atoms with E-state index in [4.69, 9.17) is 23.2 Å². The largest absolute Gasteiger partial charge is 0.369 e. The summed E-state index contributed by atoms with van der Waals surface area (Å²) in [7, 11) is 0. The van der Waals surface area contributed by atoms with Gasteiger partial charge in [0.05, 0.1) is 10.7 Å². The van der Waals surface area contributed by atoms with Gasteiger partial charge in [0.25, 0.3) is 0 Å². The van der Waals surface area contributed by atoms with Crippen molar-refractivity contribution in [3.63, 3.8) is 0 Å². The molecule has 0 radical (unpaired) electrons. The van der Waals surface area contributed by atoms with Crippen LogP contribution in [0.1, 0.15) is 0 Å². The molecule has 0 unspecified atom stereocenters. The molecule has 0 aromatic heterocycles. The highest BCUT2D eigenvalue weighted by Gasteiger charge is 1.97. The summed E-state index contributed by atoms with van der Waals surface area (Å²) in [5.74, 6) is 5.18. The molecule has 13 heavy (non-hydrogen) atoms. The lowest BCUT2D eigenvalue weighted by Crippen LogP contribution is -2.36. The Morgan fingerprint density at radius 1 is 1.54 bits per heavy atom. The molecule has 0 atom stereocenters. The van der Waals surface area contributed by atoms with Crippen LogP contribution in [-0.2, 0) is 0 Å². The van der Waals surface area contributed by atoms with E-state index in [2.05, 4.69) is 26.3 Å². The SMILES string of the molecule is NNC(N)=Nc1ccc(Br)c(Cl)c1. The fraction of sp³-hybridized carbons (Fsp3) is 0. The highest BCUT2D eigenvalue weighted by molar-refractivity contribution is 9.10. The van der Waals surface area contributed by atoms with E-state index in [1.54, 1.807) is 18.2 Å². The van der Waals surface area contributed by atoms with Crippen molar-refractivity contribution >= 4 is 39.2 Å². The average Bonchev–Trinajstić information content (AvgIpc) is 2.11. The smallest absolute Gasteiger partial charge is 0.208 e. The molecule has 5 N–H and O–H groups in total. The molecule has 1 aromatic rings. The van der Waals surface area contributed by atoms with Gasteiger partial charge in [0.2, 0.25) is 5.96 Å². The lowest BCUT2D eigenvalue weighted by atomic mass is 10.3. The molecule has 0 saturated carbocycles. The molecular formula is C7H8BrClN4. The van der Waals surface area contributed by atoms with Crippen molar-refractivity contribution in [3.8, 4) is 0 Å². The zero-order valence-corrected chi connectivity index (χ0v) is 8.93. The Kier molecular flexibility index (Phi) is 3.53. The number of nitrogens with one attached hydrogen (secondary N) is 1. The van der Waals surface area contributed by atoms with Crippen molar-refractivity contribution in [1.29, 1.82) is 0 Å². The van der Waals surface area contributed by atoms with E-state index in [1.807, 2.05) is 0 Å². The normalized spacial score (nSPS) is 11.5. The predicted molar refractivity (Wildman–Crippen MR) is 57.8 cm³/mol. The Labute approximate surface area is 89.1 Å². The van der Waals surface area contributed by atoms with Gasteiger partial charge in [0.1, 0.15) is 0 Å². The van der Waals surface area contributed by atoms with E-state index in [9.17, 15) is 0 Å². The van der Waals surface area contributed by atoms with Crippen molar-refractivity contribution < 1.29 is 0 Å². The van der Waals surface area contributed by atoms with Crippen LogP contribution in [0.25, 0.3) is 0 Å². The topological polar surface area (TPSA) is 76.4 Å². The van der Waals surface area contributed by atoms with Gasteiger partial charge in [-0.1, -0.05) is 11.6 Å². The van der Waals surface area contributed by atoms with Gasteiger partial charge in [-0.15, -0.1) is 0 Å². The lowest BCUT2D eigenvalue weighted by Gasteiger charge is -2.00. The van der Waals surface area contributed by atoms with Gasteiger partial charge in [-0.05, 0) is 34.1 Å². The number of hydrogen-bond donors (Lipinski definition) is 3. The summed E-state index contributed by atoms with van der Waals surface area (Å²) in [4.78, 5) is 3.93. The van der Waals surface area contributed by atoms with Crippen molar-refractivity contribution in [3.05, 3.63) is 27.7 Å². The minimum absolute atomic E-state index is 0.137. The maximum Gasteiger partial charge on any atom is 0.208 e. The van der Waals surface area contributed by atoms with Crippen LogP contribution < -0.4 is 17.0 Å². The van der Waals surface area contributed by atoms with Crippen molar-refractivity contribution in [2.75, 3.05) is 0 Å². The van der Waals surface area contributed by atoms with Crippen LogP contribution in [0.5, 0.6) is 0 Å². The van der Waals surface area contributed by atoms with E-state index in [0.717, 1.165) is 4.47 Å². The summed E-state index contributed by atoms with van der Waals surface area (Å²) < 4.78 is 0.812. The zero-order valence-electron chi connectivity index (χ0n) is 6.59. The summed E-state index contributed by atoms with van der Waals surface area (Å²) in [6.45, 7) is 0. The van der Waals surface area contributed by atoms with Crippen LogP contribution >= 0.6 is 27.5 Å². The van der Waals surface area contributed by atoms with Gasteiger partial charge in [0.15, 0.2) is 0 Å². The maximum atomic E-state index is 5.83. The fourth-order valence-electron chi connectivity index (χ4n) is 0.726. The molecule has 1 rings (SSSR count). The lowest BCUT2D eigenvalue weighted by molar-refractivity contribution is 1.01. The minimum atomic E-state index is 0.137. The van der Waals surface area contributed by atoms with Crippen molar-refractivity contribution in [2.45, 2.75) is 0 Å². The van der Waals surface area contributed by atoms with Gasteiger partial charge < -0.3 is 5.73 Å². The fourth-order valence-corrected chi connectivity index (χ4v) is 1.15. The summed E-state index contributed by atoms with van der Waals surface area (Å²) in [5, 5.41) is 0.575. The number of hydrogen-bond acceptors (Lipinski definition) is 2. The monoisotopic (exact) mass is 262 g/mol. The number of guanidine groups is 1. The van der Waals surface area contributed by atoms with Gasteiger partial charge in [-0.3, -0.25) is 5.43 Å². The predicted octanol–water partition coefficient (Wildman–Crippen LogP) is 1.51. The first kappa shape index (κ1) is 10.3. The third-order valence-electron chi connectivity index (χ3n) is 1.30. The van der Waals surface area contributed by atoms with Gasteiger partial charge in [-0.2, -0.15) is 0 Å². The van der Waals surface area contributed by atoms with E-state index in [0.29, 0.717) is 10.7 Å². The molecule has 0 spiro atoms. The molecule has 0 heterocycles. The van der Waals surface area contributed by atoms with Crippen molar-refractivity contribution in [2.24, 2.45) is 16.6 Å². The second kappa shape index (κ2) is 4.45. The average molecular weight is 264 g/mol. The van der Waals surface area contributed by atoms with E-state index >= 15 is 0 Å². The van der Waals surface area contributed by atoms with Crippen LogP contribution in [0, 0.1) is 0 Å². The number of hydrazine groups is 1. The Bertz CT molecular complexity index is 339. The Balaban J connectivity index is 2.98. The van der Waals surface area contributed by atoms with E-state index in [-0.39, 0.29) is 5.96 Å². The summed E-state index contributed by atoms with van der Waals surface area (Å²) >= 11 is 9.09. The summed E-state index contributed by atoms with van der Waals surface area (Å²) in [6.07, 6.45) is 0. The quantitative estimate of drug-likeness (QED) is 0.311. The van der Waals surface area contributed by atoms with Gasteiger partial charge in [-0.25, -0.2) is 10.8 Å². The first-order valence-corrected chi connectivity index (χ1v) is 4.56. The van der Waals surface area contributed by atoms with Gasteiger partial charge in [0, 0.05) is 4.47 Å². The Morgan fingerprint density at radius 2 is 2.23 bits per heavy atom. The van der Waals surface area contributed by atoms with Crippen molar-refractivity contribution in [1.82, 2.24) is 5.43 Å². The third-order valence-corrected chi connectivity index (χ3v) is 2.53. The first-order chi connectivity index (χ1) is 6.13. The maximum absolute atomic E-state index is 5.83. The number of halogens is 2. The van der Waals surface area contributed by atoms with Crippen LogP contribution in [0.2, 0.25) is 5.02 Å². The van der Waals surface area contributed by atoms with Crippen LogP contribution in [-0.4, -0.2) is 5.96 Å². The molecule has 4 nitrogen and oxygen atoms in total. The number of nitrogens with two attached hydrogens (primary N) is 2. The molecule has 0 aliphatic heterocycles. The minimum Gasteiger partial charge on any atom is -0.369 e. The van der Waals surface area contributed by atoms with E-state index in [1.165, 1.54) is 0 Å². The first-order valence-electron chi connectivity index (χ1n) is 3.39. The zero-order chi connectivity index (χ0) is 9.84. The molecule has 0 aliphatic carbocycles. The van der Waals surface area contributed by atoms with Gasteiger partial charge >= 0.3 is 0 Å². The van der Waals surface area contributed by atoms with Crippen LogP contribution in [0.15, 0.2) is 27.7 Å².